The Labute approximate surface area is 148 Å². The molecule has 2 fully saturated rings. The third kappa shape index (κ3) is 3.99. The second-order valence-electron chi connectivity index (χ2n) is 6.08. The number of nitrogens with zero attached hydrogens (tertiary/aromatic N) is 1. The van der Waals surface area contributed by atoms with Gasteiger partial charge in [0.15, 0.2) is 0 Å². The molecular formula is C17H24ClN3O3. The quantitative estimate of drug-likeness (QED) is 0.806. The highest BCUT2D eigenvalue weighted by molar-refractivity contribution is 6.01. The molecule has 24 heavy (non-hydrogen) atoms. The fraction of sp³-hybridized carbons (Fsp3) is 0.529. The number of anilines is 1. The van der Waals surface area contributed by atoms with Crippen LogP contribution >= 0.6 is 12.4 Å². The zero-order valence-electron chi connectivity index (χ0n) is 13.8. The lowest BCUT2D eigenvalue weighted by Crippen LogP contribution is -2.49. The van der Waals surface area contributed by atoms with Crippen LogP contribution in [0.4, 0.5) is 5.69 Å². The molecule has 2 heterocycles. The van der Waals surface area contributed by atoms with Gasteiger partial charge in [0.1, 0.15) is 5.75 Å². The number of para-hydroxylation sites is 2. The number of hydrogen-bond donors (Lipinski definition) is 2. The van der Waals surface area contributed by atoms with Crippen LogP contribution in [-0.2, 0) is 9.59 Å². The van der Waals surface area contributed by atoms with Crippen LogP contribution in [0, 0.1) is 11.8 Å². The van der Waals surface area contributed by atoms with Crippen molar-refractivity contribution in [2.45, 2.75) is 13.3 Å². The summed E-state index contributed by atoms with van der Waals surface area (Å²) < 4.78 is 5.59. The predicted molar refractivity (Wildman–Crippen MR) is 94.7 cm³/mol. The number of halogens is 1. The highest BCUT2D eigenvalue weighted by Crippen LogP contribution is 2.33. The first kappa shape index (κ1) is 18.5. The van der Waals surface area contributed by atoms with E-state index in [1.165, 1.54) is 0 Å². The molecule has 132 valence electrons. The zero-order chi connectivity index (χ0) is 16.2. The van der Waals surface area contributed by atoms with Gasteiger partial charge in [0, 0.05) is 38.5 Å². The van der Waals surface area contributed by atoms with Gasteiger partial charge in [-0.1, -0.05) is 12.1 Å². The van der Waals surface area contributed by atoms with Gasteiger partial charge < -0.3 is 20.3 Å². The fourth-order valence-corrected chi connectivity index (χ4v) is 2.96. The van der Waals surface area contributed by atoms with Gasteiger partial charge in [-0.2, -0.15) is 0 Å². The molecule has 2 aliphatic rings. The van der Waals surface area contributed by atoms with Gasteiger partial charge in [-0.3, -0.25) is 9.59 Å². The monoisotopic (exact) mass is 353 g/mol. The molecule has 2 N–H and O–H groups in total. The van der Waals surface area contributed by atoms with E-state index in [2.05, 4.69) is 10.6 Å². The van der Waals surface area contributed by atoms with Crippen molar-refractivity contribution >= 4 is 29.9 Å². The minimum absolute atomic E-state index is 0. The summed E-state index contributed by atoms with van der Waals surface area (Å²) in [5.41, 5.74) is 0.748. The zero-order valence-corrected chi connectivity index (χ0v) is 14.6. The molecule has 0 bridgehead atoms. The number of hydrogen-bond acceptors (Lipinski definition) is 4. The first-order valence-electron chi connectivity index (χ1n) is 8.19. The van der Waals surface area contributed by atoms with Crippen molar-refractivity contribution in [3.05, 3.63) is 24.3 Å². The lowest BCUT2D eigenvalue weighted by Gasteiger charge is -2.27. The van der Waals surface area contributed by atoms with Gasteiger partial charge in [0.05, 0.1) is 18.2 Å². The average molecular weight is 354 g/mol. The Morgan fingerprint density at radius 1 is 1.38 bits per heavy atom. The molecule has 1 aromatic rings. The summed E-state index contributed by atoms with van der Waals surface area (Å²) in [6, 6.07) is 7.47. The van der Waals surface area contributed by atoms with E-state index in [-0.39, 0.29) is 36.6 Å². The lowest BCUT2D eigenvalue weighted by atomic mass is 10.0. The topological polar surface area (TPSA) is 70.7 Å². The minimum atomic E-state index is -0.287. The van der Waals surface area contributed by atoms with Gasteiger partial charge in [-0.25, -0.2) is 0 Å². The molecule has 6 nitrogen and oxygen atoms in total. The van der Waals surface area contributed by atoms with Crippen molar-refractivity contribution in [2.75, 3.05) is 37.7 Å². The Hall–Kier alpha value is -1.79. The van der Waals surface area contributed by atoms with E-state index in [0.29, 0.717) is 31.4 Å². The van der Waals surface area contributed by atoms with Gasteiger partial charge in [-0.05, 0) is 19.1 Å². The highest BCUT2D eigenvalue weighted by atomic mass is 35.5. The predicted octanol–water partition coefficient (Wildman–Crippen LogP) is 1.20. The van der Waals surface area contributed by atoms with Crippen molar-refractivity contribution in [2.24, 2.45) is 11.8 Å². The van der Waals surface area contributed by atoms with Crippen molar-refractivity contribution < 1.29 is 14.3 Å². The fourth-order valence-electron chi connectivity index (χ4n) is 2.96. The van der Waals surface area contributed by atoms with Crippen LogP contribution < -0.4 is 20.3 Å². The maximum atomic E-state index is 12.3. The summed E-state index contributed by atoms with van der Waals surface area (Å²) >= 11 is 0. The van der Waals surface area contributed by atoms with Crippen LogP contribution in [0.1, 0.15) is 13.3 Å². The van der Waals surface area contributed by atoms with E-state index in [9.17, 15) is 9.59 Å². The van der Waals surface area contributed by atoms with Crippen LogP contribution in [0.2, 0.25) is 0 Å². The SMILES string of the molecule is CCOc1ccccc1N1CC(C(=O)NCC2CNC2)CC1=O.Cl. The molecule has 0 aromatic heterocycles. The van der Waals surface area contributed by atoms with E-state index in [0.717, 1.165) is 18.8 Å². The number of nitrogens with one attached hydrogen (secondary N) is 2. The molecular weight excluding hydrogens is 330 g/mol. The van der Waals surface area contributed by atoms with Crippen LogP contribution in [0.25, 0.3) is 0 Å². The van der Waals surface area contributed by atoms with Crippen molar-refractivity contribution in [3.63, 3.8) is 0 Å². The Morgan fingerprint density at radius 2 is 2.12 bits per heavy atom. The average Bonchev–Trinajstić information content (AvgIpc) is 2.88. The van der Waals surface area contributed by atoms with Crippen LogP contribution in [-0.4, -0.2) is 44.6 Å². The largest absolute Gasteiger partial charge is 0.492 e. The summed E-state index contributed by atoms with van der Waals surface area (Å²) in [6.07, 6.45) is 0.259. The summed E-state index contributed by atoms with van der Waals surface area (Å²) in [7, 11) is 0. The molecule has 1 aromatic carbocycles. The van der Waals surface area contributed by atoms with E-state index in [4.69, 9.17) is 4.74 Å². The summed E-state index contributed by atoms with van der Waals surface area (Å²) in [5, 5.41) is 6.15. The van der Waals surface area contributed by atoms with Gasteiger partial charge in [0.25, 0.3) is 0 Å². The van der Waals surface area contributed by atoms with Gasteiger partial charge in [-0.15, -0.1) is 12.4 Å². The van der Waals surface area contributed by atoms with Crippen LogP contribution in [0.15, 0.2) is 24.3 Å². The second kappa shape index (κ2) is 8.35. The Kier molecular flexibility index (Phi) is 6.45. The van der Waals surface area contributed by atoms with E-state index in [1.54, 1.807) is 4.90 Å². The normalized spacial score (nSPS) is 20.3. The molecule has 0 spiro atoms. The third-order valence-electron chi connectivity index (χ3n) is 4.38. The molecule has 2 saturated heterocycles. The number of rotatable bonds is 6. The highest BCUT2D eigenvalue weighted by Gasteiger charge is 2.36. The smallest absolute Gasteiger partial charge is 0.227 e. The summed E-state index contributed by atoms with van der Waals surface area (Å²) in [6.45, 7) is 5.46. The molecule has 0 saturated carbocycles. The minimum Gasteiger partial charge on any atom is -0.492 e. The lowest BCUT2D eigenvalue weighted by molar-refractivity contribution is -0.126. The second-order valence-corrected chi connectivity index (χ2v) is 6.08. The molecule has 0 aliphatic carbocycles. The first-order chi connectivity index (χ1) is 11.2. The van der Waals surface area contributed by atoms with Crippen LogP contribution in [0.3, 0.4) is 0 Å². The molecule has 2 aliphatic heterocycles. The van der Waals surface area contributed by atoms with E-state index < -0.39 is 0 Å². The standard InChI is InChI=1S/C17H23N3O3.ClH/c1-2-23-15-6-4-3-5-14(15)20-11-13(7-16(20)21)17(22)19-10-12-8-18-9-12;/h3-6,12-13,18H,2,7-11H2,1H3,(H,19,22);1H. The molecule has 1 unspecified atom stereocenters. The number of benzene rings is 1. The Bertz CT molecular complexity index is 592. The number of carbonyl (C=O) groups is 2. The number of amides is 2. The van der Waals surface area contributed by atoms with Crippen molar-refractivity contribution in [1.29, 1.82) is 0 Å². The van der Waals surface area contributed by atoms with E-state index in [1.807, 2.05) is 31.2 Å². The maximum absolute atomic E-state index is 12.3. The van der Waals surface area contributed by atoms with Gasteiger partial charge >= 0.3 is 0 Å². The number of ether oxygens (including phenoxy) is 1. The molecule has 3 rings (SSSR count). The van der Waals surface area contributed by atoms with E-state index >= 15 is 0 Å². The third-order valence-corrected chi connectivity index (χ3v) is 4.38. The summed E-state index contributed by atoms with van der Waals surface area (Å²) in [4.78, 5) is 26.3. The molecule has 1 atom stereocenters. The molecule has 2 amide bonds. The van der Waals surface area contributed by atoms with Gasteiger partial charge in [0.2, 0.25) is 11.8 Å². The van der Waals surface area contributed by atoms with Crippen molar-refractivity contribution in [1.82, 2.24) is 10.6 Å². The Morgan fingerprint density at radius 3 is 2.79 bits per heavy atom. The van der Waals surface area contributed by atoms with Crippen LogP contribution in [0.5, 0.6) is 5.75 Å². The maximum Gasteiger partial charge on any atom is 0.227 e. The first-order valence-corrected chi connectivity index (χ1v) is 8.19. The molecule has 7 heteroatoms. The Balaban J connectivity index is 0.00000208. The number of carbonyl (C=O) groups excluding carboxylic acids is 2. The molecule has 0 radical (unpaired) electrons. The summed E-state index contributed by atoms with van der Waals surface area (Å²) in [5.74, 6) is 0.866. The van der Waals surface area contributed by atoms with Crippen molar-refractivity contribution in [3.8, 4) is 5.75 Å².